The Morgan fingerprint density at radius 1 is 0.972 bits per heavy atom. The van der Waals surface area contributed by atoms with Gasteiger partial charge in [-0.25, -0.2) is 4.79 Å². The van der Waals surface area contributed by atoms with Crippen LogP contribution in [-0.4, -0.2) is 29.9 Å². The highest BCUT2D eigenvalue weighted by atomic mass is 19.4. The summed E-state index contributed by atoms with van der Waals surface area (Å²) in [6.45, 7) is 6.06. The maximum absolute atomic E-state index is 13.2. The molecule has 0 atom stereocenters. The van der Waals surface area contributed by atoms with E-state index in [1.54, 1.807) is 29.2 Å². The number of halogens is 3. The van der Waals surface area contributed by atoms with E-state index >= 15 is 0 Å². The summed E-state index contributed by atoms with van der Waals surface area (Å²) in [5.74, 6) is -0.193. The zero-order chi connectivity index (χ0) is 25.9. The molecule has 0 spiro atoms. The van der Waals surface area contributed by atoms with E-state index in [0.29, 0.717) is 36.9 Å². The van der Waals surface area contributed by atoms with E-state index in [1.807, 2.05) is 4.90 Å². The second-order valence-corrected chi connectivity index (χ2v) is 9.19. The van der Waals surface area contributed by atoms with Crippen molar-refractivity contribution < 1.29 is 22.8 Å². The number of rotatable bonds is 6. The molecule has 0 radical (unpaired) electrons. The summed E-state index contributed by atoms with van der Waals surface area (Å²) in [5, 5.41) is 2.61. The Labute approximate surface area is 208 Å². The van der Waals surface area contributed by atoms with Crippen molar-refractivity contribution in [3.05, 3.63) is 95.1 Å². The number of anilines is 2. The van der Waals surface area contributed by atoms with Crippen LogP contribution in [-0.2, 0) is 12.7 Å². The first-order valence-electron chi connectivity index (χ1n) is 11.9. The number of benzene rings is 3. The minimum Gasteiger partial charge on any atom is -0.322 e. The third-order valence-corrected chi connectivity index (χ3v) is 6.22. The molecule has 3 aromatic carbocycles. The lowest BCUT2D eigenvalue weighted by atomic mass is 10.0. The van der Waals surface area contributed by atoms with Crippen LogP contribution in [0.2, 0.25) is 0 Å². The van der Waals surface area contributed by atoms with Gasteiger partial charge in [-0.2, -0.15) is 13.2 Å². The van der Waals surface area contributed by atoms with Crippen molar-refractivity contribution in [2.45, 2.75) is 38.9 Å². The third-order valence-electron chi connectivity index (χ3n) is 6.22. The first-order valence-corrected chi connectivity index (χ1v) is 11.9. The molecule has 0 bridgehead atoms. The smallest absolute Gasteiger partial charge is 0.322 e. The number of hydrogen-bond donors (Lipinski definition) is 1. The lowest BCUT2D eigenvalue weighted by Gasteiger charge is -2.35. The molecule has 3 amide bonds. The fraction of sp³-hybridized carbons (Fsp3) is 0.286. The van der Waals surface area contributed by atoms with Gasteiger partial charge in [0.1, 0.15) is 0 Å². The van der Waals surface area contributed by atoms with Gasteiger partial charge in [0.05, 0.1) is 5.56 Å². The maximum atomic E-state index is 13.2. The largest absolute Gasteiger partial charge is 0.416 e. The SMILES string of the molecule is CC(C)c1ccc(CN2CCCN(c3ccc(NC(=O)c4cccc(C(F)(F)F)c4)cc3)C2=O)cc1. The quantitative estimate of drug-likeness (QED) is 0.404. The van der Waals surface area contributed by atoms with Crippen molar-refractivity contribution in [2.75, 3.05) is 23.3 Å². The van der Waals surface area contributed by atoms with Crippen LogP contribution in [0.15, 0.2) is 72.8 Å². The second kappa shape index (κ2) is 10.4. The van der Waals surface area contributed by atoms with Gasteiger partial charge in [-0.3, -0.25) is 9.69 Å². The van der Waals surface area contributed by atoms with Gasteiger partial charge in [0.15, 0.2) is 0 Å². The first kappa shape index (κ1) is 25.3. The van der Waals surface area contributed by atoms with E-state index in [-0.39, 0.29) is 11.6 Å². The van der Waals surface area contributed by atoms with Crippen molar-refractivity contribution in [3.63, 3.8) is 0 Å². The molecular weight excluding hydrogens is 467 g/mol. The summed E-state index contributed by atoms with van der Waals surface area (Å²) in [5.41, 5.74) is 2.48. The predicted octanol–water partition coefficient (Wildman–Crippen LogP) is 6.91. The molecule has 1 fully saturated rings. The Morgan fingerprint density at radius 3 is 2.31 bits per heavy atom. The van der Waals surface area contributed by atoms with Crippen LogP contribution in [0.3, 0.4) is 0 Å². The van der Waals surface area contributed by atoms with Crippen LogP contribution >= 0.6 is 0 Å². The minimum atomic E-state index is -4.52. The van der Waals surface area contributed by atoms with Crippen LogP contribution in [0.1, 0.15) is 53.2 Å². The van der Waals surface area contributed by atoms with Crippen molar-refractivity contribution in [3.8, 4) is 0 Å². The van der Waals surface area contributed by atoms with Crippen LogP contribution in [0.25, 0.3) is 0 Å². The monoisotopic (exact) mass is 495 g/mol. The number of carbonyl (C=O) groups excluding carboxylic acids is 2. The van der Waals surface area contributed by atoms with Gasteiger partial charge in [0, 0.05) is 36.6 Å². The highest BCUT2D eigenvalue weighted by Gasteiger charge is 2.31. The summed E-state index contributed by atoms with van der Waals surface area (Å²) in [4.78, 5) is 29.1. The summed E-state index contributed by atoms with van der Waals surface area (Å²) < 4.78 is 38.8. The Bertz CT molecular complexity index is 1220. The fourth-order valence-electron chi connectivity index (χ4n) is 4.16. The third kappa shape index (κ3) is 5.87. The molecule has 1 heterocycles. The molecule has 4 rings (SSSR count). The van der Waals surface area contributed by atoms with Gasteiger partial charge < -0.3 is 10.2 Å². The minimum absolute atomic E-state index is 0.0859. The molecule has 188 valence electrons. The summed E-state index contributed by atoms with van der Waals surface area (Å²) >= 11 is 0. The number of amides is 3. The molecule has 8 heteroatoms. The lowest BCUT2D eigenvalue weighted by molar-refractivity contribution is -0.137. The Hall–Kier alpha value is -3.81. The first-order chi connectivity index (χ1) is 17.1. The van der Waals surface area contributed by atoms with Crippen LogP contribution in [0.5, 0.6) is 0 Å². The fourth-order valence-corrected chi connectivity index (χ4v) is 4.16. The molecule has 0 saturated carbocycles. The molecule has 1 N–H and O–H groups in total. The molecule has 1 aliphatic rings. The van der Waals surface area contributed by atoms with E-state index in [0.717, 1.165) is 24.1 Å². The van der Waals surface area contributed by atoms with E-state index in [1.165, 1.54) is 17.7 Å². The van der Waals surface area contributed by atoms with E-state index in [2.05, 4.69) is 43.4 Å². The Balaban J connectivity index is 1.41. The number of urea groups is 1. The van der Waals surface area contributed by atoms with Crippen LogP contribution in [0.4, 0.5) is 29.3 Å². The topological polar surface area (TPSA) is 52.6 Å². The van der Waals surface area contributed by atoms with E-state index in [9.17, 15) is 22.8 Å². The van der Waals surface area contributed by atoms with Gasteiger partial charge in [-0.1, -0.05) is 44.2 Å². The lowest BCUT2D eigenvalue weighted by Crippen LogP contribution is -2.49. The molecule has 1 saturated heterocycles. The van der Waals surface area contributed by atoms with Gasteiger partial charge in [0.25, 0.3) is 5.91 Å². The highest BCUT2D eigenvalue weighted by Crippen LogP contribution is 2.30. The van der Waals surface area contributed by atoms with Gasteiger partial charge in [-0.15, -0.1) is 0 Å². The van der Waals surface area contributed by atoms with Crippen molar-refractivity contribution in [1.29, 1.82) is 0 Å². The molecule has 0 aromatic heterocycles. The van der Waals surface area contributed by atoms with Crippen LogP contribution in [0, 0.1) is 0 Å². The Kier molecular flexibility index (Phi) is 7.33. The molecule has 0 aliphatic carbocycles. The highest BCUT2D eigenvalue weighted by molar-refractivity contribution is 6.04. The van der Waals surface area contributed by atoms with E-state index < -0.39 is 17.6 Å². The summed E-state index contributed by atoms with van der Waals surface area (Å²) in [6, 6.07) is 19.2. The number of hydrogen-bond acceptors (Lipinski definition) is 2. The molecule has 3 aromatic rings. The molecule has 5 nitrogen and oxygen atoms in total. The number of carbonyl (C=O) groups is 2. The summed E-state index contributed by atoms with van der Waals surface area (Å²) in [6.07, 6.45) is -3.70. The average Bonchev–Trinajstić information content (AvgIpc) is 2.86. The number of nitrogens with one attached hydrogen (secondary N) is 1. The van der Waals surface area contributed by atoms with Crippen molar-refractivity contribution in [2.24, 2.45) is 0 Å². The standard InChI is InChI=1S/C28H28F3N3O2/c1-19(2)21-9-7-20(8-10-21)18-33-15-4-16-34(27(33)36)25-13-11-24(12-14-25)32-26(35)22-5-3-6-23(17-22)28(29,30)31/h3,5-14,17,19H,4,15-16,18H2,1-2H3,(H,32,35). The predicted molar refractivity (Wildman–Crippen MR) is 134 cm³/mol. The summed E-state index contributed by atoms with van der Waals surface area (Å²) in [7, 11) is 0. The molecule has 36 heavy (non-hydrogen) atoms. The Morgan fingerprint density at radius 2 is 1.67 bits per heavy atom. The van der Waals surface area contributed by atoms with Gasteiger partial charge in [0.2, 0.25) is 0 Å². The number of nitrogens with zero attached hydrogens (tertiary/aromatic N) is 2. The molecule has 0 unspecified atom stereocenters. The zero-order valence-electron chi connectivity index (χ0n) is 20.2. The molecule has 1 aliphatic heterocycles. The number of alkyl halides is 3. The second-order valence-electron chi connectivity index (χ2n) is 9.19. The van der Waals surface area contributed by atoms with Gasteiger partial charge in [-0.05, 0) is 65.9 Å². The van der Waals surface area contributed by atoms with Crippen molar-refractivity contribution in [1.82, 2.24) is 4.90 Å². The van der Waals surface area contributed by atoms with E-state index in [4.69, 9.17) is 0 Å². The zero-order valence-corrected chi connectivity index (χ0v) is 20.2. The van der Waals surface area contributed by atoms with Crippen molar-refractivity contribution >= 4 is 23.3 Å². The van der Waals surface area contributed by atoms with Crippen LogP contribution < -0.4 is 10.2 Å². The normalized spacial score (nSPS) is 14.3. The van der Waals surface area contributed by atoms with Gasteiger partial charge >= 0.3 is 12.2 Å². The average molecular weight is 496 g/mol. The molecular formula is C28H28F3N3O2. The maximum Gasteiger partial charge on any atom is 0.416 e.